The van der Waals surface area contributed by atoms with Crippen LogP contribution in [-0.2, 0) is 0 Å². The average molecular weight is 414 g/mol. The molecule has 0 bridgehead atoms. The highest BCUT2D eigenvalue weighted by atomic mass is 35.5. The van der Waals surface area contributed by atoms with E-state index in [4.69, 9.17) is 27.6 Å². The van der Waals surface area contributed by atoms with Crippen LogP contribution in [0, 0.1) is 5.82 Å². The van der Waals surface area contributed by atoms with E-state index in [0.29, 0.717) is 22.5 Å². The van der Waals surface area contributed by atoms with Gasteiger partial charge in [-0.3, -0.25) is 0 Å². The zero-order chi connectivity index (χ0) is 19.5. The number of halogens is 3. The molecule has 0 spiro atoms. The van der Waals surface area contributed by atoms with Crippen molar-refractivity contribution in [1.29, 1.82) is 0 Å². The van der Waals surface area contributed by atoms with Crippen molar-refractivity contribution in [3.63, 3.8) is 0 Å². The minimum absolute atomic E-state index is 0.0235. The van der Waals surface area contributed by atoms with Crippen LogP contribution in [0.1, 0.15) is 17.5 Å². The molecule has 0 aliphatic heterocycles. The second-order valence-corrected chi connectivity index (χ2v) is 6.91. The number of anilines is 1. The van der Waals surface area contributed by atoms with Gasteiger partial charge in [0.1, 0.15) is 11.9 Å². The summed E-state index contributed by atoms with van der Waals surface area (Å²) in [5.74, 6) is 0.287. The van der Waals surface area contributed by atoms with Gasteiger partial charge in [0.05, 0.1) is 5.02 Å². The summed E-state index contributed by atoms with van der Waals surface area (Å²) in [6, 6.07) is 20.7. The largest absolute Gasteiger partial charge is 0.418 e. The molecular formula is C21H14Cl2FN3O. The number of benzene rings is 3. The van der Waals surface area contributed by atoms with Crippen LogP contribution in [0.15, 0.2) is 77.2 Å². The molecule has 140 valence electrons. The topological polar surface area (TPSA) is 51.0 Å². The summed E-state index contributed by atoms with van der Waals surface area (Å²) in [6.07, 6.45) is 0. The Morgan fingerprint density at radius 3 is 2.36 bits per heavy atom. The molecule has 4 aromatic rings. The molecular weight excluding hydrogens is 400 g/mol. The summed E-state index contributed by atoms with van der Waals surface area (Å²) in [5, 5.41) is 12.3. The quantitative estimate of drug-likeness (QED) is 0.412. The van der Waals surface area contributed by atoms with Gasteiger partial charge < -0.3 is 9.73 Å². The fourth-order valence-electron chi connectivity index (χ4n) is 2.74. The van der Waals surface area contributed by atoms with Gasteiger partial charge in [-0.25, -0.2) is 4.39 Å². The highest BCUT2D eigenvalue weighted by Gasteiger charge is 2.22. The normalized spacial score (nSPS) is 12.0. The molecule has 3 aromatic carbocycles. The maximum Gasteiger partial charge on any atom is 0.247 e. The Morgan fingerprint density at radius 1 is 0.893 bits per heavy atom. The standard InChI is InChI=1S/C21H14Cl2FN3O/c22-15-8-6-13(7-9-15)19(25-16-10-11-18(24)17(23)12-16)21-27-26-20(28-21)14-4-2-1-3-5-14/h1-12,19,25H/t19-/m0/s1. The fourth-order valence-corrected chi connectivity index (χ4v) is 3.05. The van der Waals surface area contributed by atoms with E-state index < -0.39 is 11.9 Å². The number of nitrogens with zero attached hydrogens (tertiary/aromatic N) is 2. The third kappa shape index (κ3) is 4.01. The van der Waals surface area contributed by atoms with Crippen molar-refractivity contribution in [2.24, 2.45) is 0 Å². The Balaban J connectivity index is 1.71. The van der Waals surface area contributed by atoms with E-state index >= 15 is 0 Å². The molecule has 4 nitrogen and oxygen atoms in total. The first-order valence-corrected chi connectivity index (χ1v) is 9.21. The van der Waals surface area contributed by atoms with Gasteiger partial charge in [-0.15, -0.1) is 10.2 Å². The first-order valence-electron chi connectivity index (χ1n) is 8.46. The first-order chi connectivity index (χ1) is 13.6. The van der Waals surface area contributed by atoms with Crippen LogP contribution in [0.3, 0.4) is 0 Å². The number of rotatable bonds is 5. The smallest absolute Gasteiger partial charge is 0.247 e. The lowest BCUT2D eigenvalue weighted by molar-refractivity contribution is 0.494. The van der Waals surface area contributed by atoms with Crippen molar-refractivity contribution in [2.75, 3.05) is 5.32 Å². The Hall–Kier alpha value is -2.89. The lowest BCUT2D eigenvalue weighted by Gasteiger charge is -2.17. The molecule has 4 rings (SSSR count). The van der Waals surface area contributed by atoms with Crippen LogP contribution in [0.4, 0.5) is 10.1 Å². The number of hydrogen-bond acceptors (Lipinski definition) is 4. The second-order valence-electron chi connectivity index (χ2n) is 6.07. The van der Waals surface area contributed by atoms with Gasteiger partial charge in [0.25, 0.3) is 0 Å². The molecule has 28 heavy (non-hydrogen) atoms. The van der Waals surface area contributed by atoms with Crippen molar-refractivity contribution in [2.45, 2.75) is 6.04 Å². The second kappa shape index (κ2) is 8.00. The maximum atomic E-state index is 13.5. The zero-order valence-corrected chi connectivity index (χ0v) is 16.0. The molecule has 1 heterocycles. The molecule has 0 saturated carbocycles. The Bertz CT molecular complexity index is 1080. The summed E-state index contributed by atoms with van der Waals surface area (Å²) in [7, 11) is 0. The SMILES string of the molecule is Fc1ccc(N[C@@H](c2ccc(Cl)cc2)c2nnc(-c3ccccc3)o2)cc1Cl. The predicted octanol–water partition coefficient (Wildman–Crippen LogP) is 6.38. The minimum atomic E-state index is -0.487. The fraction of sp³-hybridized carbons (Fsp3) is 0.0476. The van der Waals surface area contributed by atoms with Crippen LogP contribution in [-0.4, -0.2) is 10.2 Å². The van der Waals surface area contributed by atoms with Gasteiger partial charge in [0, 0.05) is 16.3 Å². The first kappa shape index (κ1) is 18.5. The third-order valence-electron chi connectivity index (χ3n) is 4.14. The monoisotopic (exact) mass is 413 g/mol. The summed E-state index contributed by atoms with van der Waals surface area (Å²) in [5.41, 5.74) is 2.29. The Morgan fingerprint density at radius 2 is 1.64 bits per heavy atom. The molecule has 1 atom stereocenters. The van der Waals surface area contributed by atoms with Crippen molar-refractivity contribution in [1.82, 2.24) is 10.2 Å². The van der Waals surface area contributed by atoms with Crippen LogP contribution in [0.25, 0.3) is 11.5 Å². The molecule has 0 radical (unpaired) electrons. The molecule has 0 fully saturated rings. The van der Waals surface area contributed by atoms with E-state index in [-0.39, 0.29) is 5.02 Å². The molecule has 0 amide bonds. The highest BCUT2D eigenvalue weighted by Crippen LogP contribution is 2.30. The lowest BCUT2D eigenvalue weighted by atomic mass is 10.1. The van der Waals surface area contributed by atoms with Crippen LogP contribution in [0.5, 0.6) is 0 Å². The summed E-state index contributed by atoms with van der Waals surface area (Å²) >= 11 is 11.9. The van der Waals surface area contributed by atoms with Gasteiger partial charge in [0.2, 0.25) is 11.8 Å². The predicted molar refractivity (Wildman–Crippen MR) is 108 cm³/mol. The van der Waals surface area contributed by atoms with Crippen LogP contribution < -0.4 is 5.32 Å². The lowest BCUT2D eigenvalue weighted by Crippen LogP contribution is -2.13. The van der Waals surface area contributed by atoms with Gasteiger partial charge in [-0.1, -0.05) is 53.5 Å². The molecule has 1 N–H and O–H groups in total. The molecule has 0 unspecified atom stereocenters. The number of nitrogens with one attached hydrogen (secondary N) is 1. The van der Waals surface area contributed by atoms with Crippen LogP contribution in [0.2, 0.25) is 10.0 Å². The van der Waals surface area contributed by atoms with E-state index in [1.165, 1.54) is 12.1 Å². The van der Waals surface area contributed by atoms with Gasteiger partial charge >= 0.3 is 0 Å². The average Bonchev–Trinajstić information content (AvgIpc) is 3.20. The van der Waals surface area contributed by atoms with E-state index in [0.717, 1.165) is 11.1 Å². The Labute approximate surface area is 170 Å². The van der Waals surface area contributed by atoms with Crippen molar-refractivity contribution < 1.29 is 8.81 Å². The Kier molecular flexibility index (Phi) is 5.28. The van der Waals surface area contributed by atoms with E-state index in [9.17, 15) is 4.39 Å². The van der Waals surface area contributed by atoms with E-state index in [1.54, 1.807) is 18.2 Å². The third-order valence-corrected chi connectivity index (χ3v) is 4.68. The van der Waals surface area contributed by atoms with Crippen molar-refractivity contribution in [3.05, 3.63) is 100 Å². The van der Waals surface area contributed by atoms with Gasteiger partial charge in [-0.2, -0.15) is 0 Å². The minimum Gasteiger partial charge on any atom is -0.418 e. The summed E-state index contributed by atoms with van der Waals surface area (Å²) in [6.45, 7) is 0. The van der Waals surface area contributed by atoms with Crippen molar-refractivity contribution in [3.8, 4) is 11.5 Å². The van der Waals surface area contributed by atoms with Crippen LogP contribution >= 0.6 is 23.2 Å². The summed E-state index contributed by atoms with van der Waals surface area (Å²) < 4.78 is 19.4. The highest BCUT2D eigenvalue weighted by molar-refractivity contribution is 6.31. The molecule has 0 saturated heterocycles. The van der Waals surface area contributed by atoms with Gasteiger partial charge in [-0.05, 0) is 48.0 Å². The maximum absolute atomic E-state index is 13.5. The van der Waals surface area contributed by atoms with Gasteiger partial charge in [0.15, 0.2) is 0 Å². The van der Waals surface area contributed by atoms with Crippen molar-refractivity contribution >= 4 is 28.9 Å². The number of aromatic nitrogens is 2. The summed E-state index contributed by atoms with van der Waals surface area (Å²) in [4.78, 5) is 0. The molecule has 0 aliphatic rings. The number of hydrogen-bond donors (Lipinski definition) is 1. The van der Waals surface area contributed by atoms with E-state index in [2.05, 4.69) is 15.5 Å². The molecule has 7 heteroatoms. The zero-order valence-electron chi connectivity index (χ0n) is 14.4. The molecule has 0 aliphatic carbocycles. The molecule has 1 aromatic heterocycles. The van der Waals surface area contributed by atoms with E-state index in [1.807, 2.05) is 42.5 Å².